The highest BCUT2D eigenvalue weighted by atomic mass is 16.5. The van der Waals surface area contributed by atoms with Crippen LogP contribution in [0.4, 0.5) is 5.69 Å². The number of benzene rings is 3. The van der Waals surface area contributed by atoms with Crippen LogP contribution in [0.2, 0.25) is 0 Å². The van der Waals surface area contributed by atoms with Crippen LogP contribution in [0.5, 0.6) is 0 Å². The maximum Gasteiger partial charge on any atom is 0.254 e. The number of anilines is 1. The second-order valence-corrected chi connectivity index (χ2v) is 22.0. The number of hydrogen-bond donors (Lipinski definition) is 2. The first kappa shape index (κ1) is 62.5. The molecule has 3 heterocycles. The molecule has 2 atom stereocenters. The van der Waals surface area contributed by atoms with Gasteiger partial charge in [-0.25, -0.2) is 4.58 Å². The lowest BCUT2D eigenvalue weighted by Crippen LogP contribution is -2.48. The maximum absolute atomic E-state index is 14.6. The third-order valence-electron chi connectivity index (χ3n) is 16.1. The van der Waals surface area contributed by atoms with Gasteiger partial charge in [0.15, 0.2) is 0 Å². The van der Waals surface area contributed by atoms with Crippen LogP contribution in [0.25, 0.3) is 33.4 Å². The van der Waals surface area contributed by atoms with Gasteiger partial charge in [0.25, 0.3) is 5.91 Å². The Balaban J connectivity index is 0.810. The summed E-state index contributed by atoms with van der Waals surface area (Å²) in [5, 5.41) is 31.6. The van der Waals surface area contributed by atoms with Gasteiger partial charge in [-0.15, -0.1) is 5.10 Å². The van der Waals surface area contributed by atoms with Crippen LogP contribution < -0.4 is 14.8 Å². The van der Waals surface area contributed by atoms with Gasteiger partial charge in [0.05, 0.1) is 50.4 Å². The van der Waals surface area contributed by atoms with Crippen molar-refractivity contribution in [2.75, 3.05) is 83.7 Å². The number of aliphatic hydroxyl groups excluding tert-OH is 2. The van der Waals surface area contributed by atoms with Gasteiger partial charge in [-0.2, -0.15) is 0 Å². The number of fused-ring (bicyclic) bond motifs is 2. The first-order valence-electron chi connectivity index (χ1n) is 31.1. The van der Waals surface area contributed by atoms with Crippen LogP contribution in [0, 0.1) is 0 Å². The molecule has 1 amide bonds. The molecule has 0 radical (unpaired) electrons. The minimum atomic E-state index is -0.413. The Labute approximate surface area is 469 Å². The van der Waals surface area contributed by atoms with Crippen molar-refractivity contribution in [1.82, 2.24) is 29.4 Å². The lowest BCUT2D eigenvalue weighted by molar-refractivity contribution is -0.0202. The van der Waals surface area contributed by atoms with E-state index in [1.807, 2.05) is 27.8 Å². The topological polar surface area (TPSA) is 133 Å². The Morgan fingerprint density at radius 2 is 1.24 bits per heavy atom. The molecule has 1 fully saturated rings. The van der Waals surface area contributed by atoms with E-state index in [9.17, 15) is 15.0 Å². The number of carbonyl (C=O) groups is 1. The van der Waals surface area contributed by atoms with Crippen molar-refractivity contribution in [3.8, 4) is 22.5 Å². The average Bonchev–Trinajstić information content (AvgIpc) is 4.05. The highest BCUT2D eigenvalue weighted by molar-refractivity contribution is 6.09. The molecule has 1 saturated heterocycles. The van der Waals surface area contributed by atoms with Gasteiger partial charge in [-0.1, -0.05) is 152 Å². The molecule has 3 aromatic rings. The molecule has 1 aliphatic carbocycles. The summed E-state index contributed by atoms with van der Waals surface area (Å²) in [7, 11) is 0. The highest BCUT2D eigenvalue weighted by Gasteiger charge is 2.28. The van der Waals surface area contributed by atoms with E-state index < -0.39 is 12.2 Å². The minimum Gasteiger partial charge on any atom is -0.456 e. The van der Waals surface area contributed by atoms with Crippen LogP contribution in [-0.2, 0) is 22.6 Å². The van der Waals surface area contributed by atoms with Crippen molar-refractivity contribution in [3.63, 3.8) is 0 Å². The summed E-state index contributed by atoms with van der Waals surface area (Å²) in [5.74, 6) is 0.878. The van der Waals surface area contributed by atoms with Crippen LogP contribution >= 0.6 is 0 Å². The number of rotatable bonds is 40. The summed E-state index contributed by atoms with van der Waals surface area (Å²) >= 11 is 0. The van der Waals surface area contributed by atoms with Gasteiger partial charge < -0.3 is 33.9 Å². The molecule has 0 spiro atoms. The largest absolute Gasteiger partial charge is 0.456 e. The molecule has 2 N–H and O–H groups in total. The second kappa shape index (κ2) is 35.8. The quantitative estimate of drug-likeness (QED) is 0.0222. The van der Waals surface area contributed by atoms with Crippen LogP contribution in [-0.4, -0.2) is 132 Å². The Morgan fingerprint density at radius 3 is 1.83 bits per heavy atom. The molecule has 13 heteroatoms. The van der Waals surface area contributed by atoms with E-state index >= 15 is 0 Å². The van der Waals surface area contributed by atoms with Crippen molar-refractivity contribution in [2.45, 2.75) is 201 Å². The molecule has 78 heavy (non-hydrogen) atoms. The van der Waals surface area contributed by atoms with E-state index in [1.54, 1.807) is 0 Å². The molecule has 6 rings (SSSR count). The Bertz CT molecular complexity index is 2470. The summed E-state index contributed by atoms with van der Waals surface area (Å²) in [5.41, 5.74) is 6.61. The number of carbonyl (C=O) groups excluding carboxylic acids is 1. The van der Waals surface area contributed by atoms with Gasteiger partial charge in [0.2, 0.25) is 5.36 Å². The number of amides is 1. The van der Waals surface area contributed by atoms with E-state index in [0.717, 1.165) is 135 Å². The predicted octanol–water partition coefficient (Wildman–Crippen LogP) is 12.8. The molecule has 0 bridgehead atoms. The fourth-order valence-electron chi connectivity index (χ4n) is 11.3. The minimum absolute atomic E-state index is 0.0620. The number of aryl methyl sites for hydroxylation is 1. The SMILES string of the molecule is CCCCCCCCCC[C@H](O)COCCOC[C@@H](O)CCCCCCCCCCCCCCn1cc(CN2CCN(C(=O)c3ccccc3-c3c4ccc(=[N+](CC)CC)cc-4oc4cc(N(CC)CC)ccc34)CC2)nn1. The Kier molecular flexibility index (Phi) is 28.7. The molecule has 13 nitrogen and oxygen atoms in total. The molecule has 1 aromatic heterocycles. The number of ether oxygens (including phenoxy) is 2. The van der Waals surface area contributed by atoms with Crippen LogP contribution in [0.1, 0.15) is 192 Å². The maximum atomic E-state index is 14.6. The number of hydrogen-bond acceptors (Lipinski definition) is 10. The first-order valence-corrected chi connectivity index (χ1v) is 31.1. The number of aliphatic hydroxyl groups is 2. The van der Waals surface area contributed by atoms with Gasteiger partial charge >= 0.3 is 0 Å². The lowest BCUT2D eigenvalue weighted by atomic mass is 9.90. The monoisotopic (exact) mass is 1080 g/mol. The molecular weight excluding hydrogens is 975 g/mol. The summed E-state index contributed by atoms with van der Waals surface area (Å²) in [6.45, 7) is 20.7. The zero-order chi connectivity index (χ0) is 55.2. The molecular formula is C65H102N7O6+. The molecule has 3 aliphatic rings. The summed E-state index contributed by atoms with van der Waals surface area (Å²) < 4.78 is 22.3. The lowest BCUT2D eigenvalue weighted by Gasteiger charge is -2.34. The fraction of sp³-hybridized carbons (Fsp3) is 0.662. The highest BCUT2D eigenvalue weighted by Crippen LogP contribution is 2.42. The Hall–Kier alpha value is -4.66. The van der Waals surface area contributed by atoms with Crippen molar-refractivity contribution in [1.29, 1.82) is 0 Å². The molecule has 2 aliphatic heterocycles. The smallest absolute Gasteiger partial charge is 0.254 e. The van der Waals surface area contributed by atoms with Gasteiger partial charge in [0.1, 0.15) is 24.4 Å². The number of aromatic nitrogens is 3. The van der Waals surface area contributed by atoms with E-state index in [1.165, 1.54) is 109 Å². The van der Waals surface area contributed by atoms with E-state index in [-0.39, 0.29) is 5.91 Å². The van der Waals surface area contributed by atoms with Crippen LogP contribution in [0.3, 0.4) is 0 Å². The van der Waals surface area contributed by atoms with E-state index in [4.69, 9.17) is 13.9 Å². The molecule has 2 aromatic carbocycles. The summed E-state index contributed by atoms with van der Waals surface area (Å²) in [4.78, 5) is 21.3. The zero-order valence-corrected chi connectivity index (χ0v) is 49.1. The van der Waals surface area contributed by atoms with Crippen molar-refractivity contribution in [2.24, 2.45) is 0 Å². The number of unbranched alkanes of at least 4 members (excludes halogenated alkanes) is 18. The van der Waals surface area contributed by atoms with E-state index in [2.05, 4.69) is 108 Å². The number of piperazine rings is 1. The molecule has 432 valence electrons. The normalized spacial score (nSPS) is 14.0. The zero-order valence-electron chi connectivity index (χ0n) is 49.1. The predicted molar refractivity (Wildman–Crippen MR) is 320 cm³/mol. The van der Waals surface area contributed by atoms with Gasteiger partial charge in [-0.05, 0) is 76.8 Å². The standard InChI is InChI=1S/C65H102N7O6/c1-6-11-12-13-14-21-24-27-32-56(73)51-76-45-46-77-52-57(74)33-28-25-22-19-17-15-16-18-20-23-26-31-40-72-50-53(66-67-72)49-68-41-43-71(44-42-68)65(75)59-35-30-29-34-58(59)64-60-38-36-54(69(7-2)8-3)47-62(60)78-63-48-55(37-39-61(63)64)70(9-4)10-5/h29-30,34-39,47-48,50,56-57,73-74H,6-28,31-33,40-46,49,51-52H2,1-5H3/q+1/t56-,57-/m0/s1. The van der Waals surface area contributed by atoms with Crippen molar-refractivity contribution >= 4 is 22.6 Å². The second-order valence-electron chi connectivity index (χ2n) is 22.0. The molecule has 0 unspecified atom stereocenters. The summed E-state index contributed by atoms with van der Waals surface area (Å²) in [6.07, 6.45) is 27.9. The number of nitrogens with zero attached hydrogens (tertiary/aromatic N) is 7. The third kappa shape index (κ3) is 20.5. The molecule has 0 saturated carbocycles. The van der Waals surface area contributed by atoms with Crippen LogP contribution in [0.15, 0.2) is 71.3 Å². The average molecular weight is 1080 g/mol. The fourth-order valence-corrected chi connectivity index (χ4v) is 11.3. The van der Waals surface area contributed by atoms with Crippen molar-refractivity contribution < 1.29 is 28.9 Å². The Morgan fingerprint density at radius 1 is 0.667 bits per heavy atom. The summed E-state index contributed by atoms with van der Waals surface area (Å²) in [6, 6.07) is 21.1. The van der Waals surface area contributed by atoms with Gasteiger partial charge in [-0.3, -0.25) is 14.4 Å². The van der Waals surface area contributed by atoms with E-state index in [0.29, 0.717) is 45.1 Å². The first-order chi connectivity index (χ1) is 38.3. The van der Waals surface area contributed by atoms with Crippen molar-refractivity contribution in [3.05, 3.63) is 83.5 Å². The third-order valence-corrected chi connectivity index (χ3v) is 16.1. The van der Waals surface area contributed by atoms with Gasteiger partial charge in [0, 0.05) is 98.5 Å².